The van der Waals surface area contributed by atoms with E-state index in [1.807, 2.05) is 31.2 Å². The second-order valence-corrected chi connectivity index (χ2v) is 6.70. The zero-order chi connectivity index (χ0) is 14.8. The van der Waals surface area contributed by atoms with Crippen LogP contribution in [0.3, 0.4) is 0 Å². The molecular formula is C16H23ClN2O. The molecular weight excluding hydrogens is 272 g/mol. The highest BCUT2D eigenvalue weighted by molar-refractivity contribution is 6.30. The van der Waals surface area contributed by atoms with Crippen molar-refractivity contribution in [2.45, 2.75) is 45.7 Å². The van der Waals surface area contributed by atoms with Gasteiger partial charge in [-0.05, 0) is 49.4 Å². The molecule has 1 amide bonds. The highest BCUT2D eigenvalue weighted by Gasteiger charge is 2.37. The van der Waals surface area contributed by atoms with Crippen LogP contribution in [0.5, 0.6) is 0 Å². The van der Waals surface area contributed by atoms with E-state index in [0.717, 1.165) is 24.9 Å². The van der Waals surface area contributed by atoms with Crippen LogP contribution in [0.4, 0.5) is 0 Å². The van der Waals surface area contributed by atoms with Crippen LogP contribution < -0.4 is 10.6 Å². The van der Waals surface area contributed by atoms with Crippen LogP contribution in [0.2, 0.25) is 5.02 Å². The van der Waals surface area contributed by atoms with Crippen LogP contribution in [0.1, 0.15) is 45.2 Å². The van der Waals surface area contributed by atoms with Gasteiger partial charge >= 0.3 is 0 Å². The first kappa shape index (κ1) is 15.3. The third-order valence-corrected chi connectivity index (χ3v) is 4.33. The maximum atomic E-state index is 12.5. The molecule has 2 atom stereocenters. The fourth-order valence-electron chi connectivity index (χ4n) is 2.81. The number of amides is 1. The maximum Gasteiger partial charge on any atom is 0.238 e. The van der Waals surface area contributed by atoms with Crippen molar-refractivity contribution in [2.24, 2.45) is 5.41 Å². The van der Waals surface area contributed by atoms with Gasteiger partial charge in [-0.25, -0.2) is 0 Å². The van der Waals surface area contributed by atoms with Gasteiger partial charge in [0, 0.05) is 5.02 Å². The van der Waals surface area contributed by atoms with Gasteiger partial charge in [0.25, 0.3) is 0 Å². The zero-order valence-corrected chi connectivity index (χ0v) is 13.1. The van der Waals surface area contributed by atoms with E-state index in [1.54, 1.807) is 0 Å². The lowest BCUT2D eigenvalue weighted by Crippen LogP contribution is -2.55. The van der Waals surface area contributed by atoms with E-state index in [4.69, 9.17) is 11.6 Å². The second-order valence-electron chi connectivity index (χ2n) is 6.26. The summed E-state index contributed by atoms with van der Waals surface area (Å²) in [5.74, 6) is 0.0715. The number of benzene rings is 1. The minimum Gasteiger partial charge on any atom is -0.348 e. The Balaban J connectivity index is 2.03. The van der Waals surface area contributed by atoms with E-state index >= 15 is 0 Å². The van der Waals surface area contributed by atoms with Gasteiger partial charge in [0.2, 0.25) is 5.91 Å². The van der Waals surface area contributed by atoms with Crippen molar-refractivity contribution < 1.29 is 4.79 Å². The molecule has 2 unspecified atom stereocenters. The molecule has 1 aromatic rings. The van der Waals surface area contributed by atoms with Gasteiger partial charge in [0.15, 0.2) is 0 Å². The summed E-state index contributed by atoms with van der Waals surface area (Å²) in [6.45, 7) is 7.19. The Morgan fingerprint density at radius 3 is 2.90 bits per heavy atom. The molecule has 20 heavy (non-hydrogen) atoms. The standard InChI is InChI=1S/C16H23ClN2O/c1-11(12-6-4-7-13(17)10-12)19-15(20)14-16(2,3)8-5-9-18-14/h4,6-7,10-11,14,18H,5,8-9H2,1-3H3,(H,19,20). The molecule has 0 bridgehead atoms. The Kier molecular flexibility index (Phi) is 4.71. The van der Waals surface area contributed by atoms with E-state index in [-0.39, 0.29) is 23.4 Å². The minimum atomic E-state index is -0.127. The van der Waals surface area contributed by atoms with Gasteiger partial charge in [-0.1, -0.05) is 37.6 Å². The Morgan fingerprint density at radius 2 is 2.25 bits per heavy atom. The maximum absolute atomic E-state index is 12.5. The molecule has 0 radical (unpaired) electrons. The molecule has 2 N–H and O–H groups in total. The van der Waals surface area contributed by atoms with E-state index < -0.39 is 0 Å². The molecule has 1 heterocycles. The lowest BCUT2D eigenvalue weighted by Gasteiger charge is -2.38. The van der Waals surface area contributed by atoms with Gasteiger partial charge in [-0.15, -0.1) is 0 Å². The average molecular weight is 295 g/mol. The normalized spacial score (nSPS) is 23.1. The van der Waals surface area contributed by atoms with Crippen molar-refractivity contribution in [1.29, 1.82) is 0 Å². The van der Waals surface area contributed by atoms with Crippen LogP contribution in [-0.2, 0) is 4.79 Å². The first-order chi connectivity index (χ1) is 9.40. The minimum absolute atomic E-state index is 0.00359. The van der Waals surface area contributed by atoms with Gasteiger partial charge in [0.05, 0.1) is 12.1 Å². The van der Waals surface area contributed by atoms with Crippen LogP contribution in [-0.4, -0.2) is 18.5 Å². The van der Waals surface area contributed by atoms with E-state index in [9.17, 15) is 4.79 Å². The number of hydrogen-bond donors (Lipinski definition) is 2. The van der Waals surface area contributed by atoms with Gasteiger partial charge < -0.3 is 10.6 Å². The molecule has 0 aliphatic carbocycles. The first-order valence-corrected chi connectivity index (χ1v) is 7.57. The largest absolute Gasteiger partial charge is 0.348 e. The molecule has 0 aromatic heterocycles. The summed E-state index contributed by atoms with van der Waals surface area (Å²) in [7, 11) is 0. The number of carbonyl (C=O) groups excluding carboxylic acids is 1. The quantitative estimate of drug-likeness (QED) is 0.898. The number of nitrogens with one attached hydrogen (secondary N) is 2. The second kappa shape index (κ2) is 6.15. The fourth-order valence-corrected chi connectivity index (χ4v) is 3.01. The predicted molar refractivity (Wildman–Crippen MR) is 82.8 cm³/mol. The lowest BCUT2D eigenvalue weighted by atomic mass is 9.77. The molecule has 110 valence electrons. The third kappa shape index (κ3) is 3.53. The monoisotopic (exact) mass is 294 g/mol. The average Bonchev–Trinajstić information content (AvgIpc) is 2.37. The highest BCUT2D eigenvalue weighted by Crippen LogP contribution is 2.30. The Hall–Kier alpha value is -1.06. The van der Waals surface area contributed by atoms with Crippen LogP contribution in [0.25, 0.3) is 0 Å². The number of piperidine rings is 1. The Labute approximate surface area is 126 Å². The summed E-state index contributed by atoms with van der Waals surface area (Å²) in [6.07, 6.45) is 2.20. The molecule has 0 saturated carbocycles. The Morgan fingerprint density at radius 1 is 1.50 bits per heavy atom. The molecule has 1 aliphatic rings. The molecule has 2 rings (SSSR count). The number of hydrogen-bond acceptors (Lipinski definition) is 2. The summed E-state index contributed by atoms with van der Waals surface area (Å²) < 4.78 is 0. The molecule has 1 saturated heterocycles. The van der Waals surface area contributed by atoms with E-state index in [2.05, 4.69) is 24.5 Å². The third-order valence-electron chi connectivity index (χ3n) is 4.10. The first-order valence-electron chi connectivity index (χ1n) is 7.19. The van der Waals surface area contributed by atoms with Crippen molar-refractivity contribution in [3.05, 3.63) is 34.9 Å². The predicted octanol–water partition coefficient (Wildman–Crippen LogP) is 3.30. The summed E-state index contributed by atoms with van der Waals surface area (Å²) in [5, 5.41) is 7.12. The highest BCUT2D eigenvalue weighted by atomic mass is 35.5. The fraction of sp³-hybridized carbons (Fsp3) is 0.562. The SMILES string of the molecule is CC(NC(=O)C1NCCCC1(C)C)c1cccc(Cl)c1. The number of carbonyl (C=O) groups is 1. The summed E-state index contributed by atoms with van der Waals surface area (Å²) in [4.78, 5) is 12.5. The molecule has 3 nitrogen and oxygen atoms in total. The van der Waals surface area contributed by atoms with Crippen LogP contribution >= 0.6 is 11.6 Å². The van der Waals surface area contributed by atoms with E-state index in [1.165, 1.54) is 0 Å². The summed E-state index contributed by atoms with van der Waals surface area (Å²) >= 11 is 5.99. The van der Waals surface area contributed by atoms with Gasteiger partial charge in [0.1, 0.15) is 0 Å². The Bertz CT molecular complexity index is 487. The molecule has 0 spiro atoms. The van der Waals surface area contributed by atoms with Crippen LogP contribution in [0.15, 0.2) is 24.3 Å². The van der Waals surface area contributed by atoms with Crippen molar-refractivity contribution in [3.8, 4) is 0 Å². The lowest BCUT2D eigenvalue weighted by molar-refractivity contribution is -0.127. The van der Waals surface area contributed by atoms with E-state index in [0.29, 0.717) is 5.02 Å². The van der Waals surface area contributed by atoms with Crippen molar-refractivity contribution in [3.63, 3.8) is 0 Å². The zero-order valence-electron chi connectivity index (χ0n) is 12.4. The molecule has 1 aromatic carbocycles. The molecule has 1 fully saturated rings. The van der Waals surface area contributed by atoms with Crippen molar-refractivity contribution >= 4 is 17.5 Å². The van der Waals surface area contributed by atoms with Crippen molar-refractivity contribution in [1.82, 2.24) is 10.6 Å². The molecule has 1 aliphatic heterocycles. The number of halogens is 1. The van der Waals surface area contributed by atoms with Crippen LogP contribution in [0, 0.1) is 5.41 Å². The smallest absolute Gasteiger partial charge is 0.238 e. The number of rotatable bonds is 3. The van der Waals surface area contributed by atoms with Gasteiger partial charge in [-0.3, -0.25) is 4.79 Å². The topological polar surface area (TPSA) is 41.1 Å². The van der Waals surface area contributed by atoms with Gasteiger partial charge in [-0.2, -0.15) is 0 Å². The molecule has 4 heteroatoms. The summed E-state index contributed by atoms with van der Waals surface area (Å²) in [5.41, 5.74) is 1.02. The van der Waals surface area contributed by atoms with Crippen molar-refractivity contribution in [2.75, 3.05) is 6.54 Å². The summed E-state index contributed by atoms with van der Waals surface area (Å²) in [6, 6.07) is 7.45.